The van der Waals surface area contributed by atoms with E-state index in [9.17, 15) is 5.11 Å². The highest BCUT2D eigenvalue weighted by Gasteiger charge is 2.46. The summed E-state index contributed by atoms with van der Waals surface area (Å²) in [7, 11) is 0. The van der Waals surface area contributed by atoms with Gasteiger partial charge in [-0.3, -0.25) is 4.90 Å². The second kappa shape index (κ2) is 5.86. The van der Waals surface area contributed by atoms with Gasteiger partial charge in [0.05, 0.1) is 6.04 Å². The number of aliphatic hydroxyl groups is 1. The first-order valence-corrected chi connectivity index (χ1v) is 8.62. The molecular weight excluding hydrogens is 274 g/mol. The zero-order chi connectivity index (χ0) is 15.9. The van der Waals surface area contributed by atoms with Crippen molar-refractivity contribution in [3.63, 3.8) is 0 Å². The van der Waals surface area contributed by atoms with E-state index < -0.39 is 6.10 Å². The van der Waals surface area contributed by atoms with Crippen LogP contribution in [0, 0.1) is 13.8 Å². The van der Waals surface area contributed by atoms with Gasteiger partial charge in [-0.15, -0.1) is 0 Å². The Hall–Kier alpha value is -1.06. The van der Waals surface area contributed by atoms with E-state index in [-0.39, 0.29) is 11.6 Å². The molecule has 0 saturated carbocycles. The first-order valence-electron chi connectivity index (χ1n) is 8.62. The van der Waals surface area contributed by atoms with Gasteiger partial charge in [-0.1, -0.05) is 18.9 Å². The van der Waals surface area contributed by atoms with Gasteiger partial charge in [-0.2, -0.15) is 0 Å². The Morgan fingerprint density at radius 3 is 2.36 bits per heavy atom. The van der Waals surface area contributed by atoms with Gasteiger partial charge < -0.3 is 9.84 Å². The molecule has 0 bridgehead atoms. The molecule has 1 aromatic carbocycles. The number of likely N-dealkylation sites (tertiary alicyclic amines) is 1. The summed E-state index contributed by atoms with van der Waals surface area (Å²) in [6, 6.07) is 4.23. The Morgan fingerprint density at radius 1 is 1.09 bits per heavy atom. The molecule has 0 aliphatic carbocycles. The van der Waals surface area contributed by atoms with Crippen LogP contribution in [0.4, 0.5) is 0 Å². The number of nitrogens with zero attached hydrogens (tertiary/aromatic N) is 1. The number of hydrogen-bond acceptors (Lipinski definition) is 3. The minimum Gasteiger partial charge on any atom is -0.486 e. The summed E-state index contributed by atoms with van der Waals surface area (Å²) in [6.07, 6.45) is 4.57. The third-order valence-electron chi connectivity index (χ3n) is 5.21. The van der Waals surface area contributed by atoms with E-state index in [2.05, 4.69) is 44.7 Å². The van der Waals surface area contributed by atoms with Crippen LogP contribution in [0.1, 0.15) is 62.3 Å². The number of aryl methyl sites for hydroxylation is 2. The maximum atomic E-state index is 11.2. The minimum atomic E-state index is -0.475. The van der Waals surface area contributed by atoms with Gasteiger partial charge in [0.25, 0.3) is 0 Å². The van der Waals surface area contributed by atoms with Gasteiger partial charge in [0.1, 0.15) is 17.5 Å². The highest BCUT2D eigenvalue weighted by atomic mass is 16.5. The fraction of sp³-hybridized carbons (Fsp3) is 0.684. The van der Waals surface area contributed by atoms with Gasteiger partial charge in [-0.05, 0) is 70.8 Å². The van der Waals surface area contributed by atoms with Crippen molar-refractivity contribution in [2.45, 2.75) is 71.1 Å². The van der Waals surface area contributed by atoms with Crippen molar-refractivity contribution in [3.05, 3.63) is 28.8 Å². The summed E-state index contributed by atoms with van der Waals surface area (Å²) < 4.78 is 6.36. The molecule has 2 aliphatic rings. The molecule has 0 aromatic heterocycles. The molecule has 1 saturated heterocycles. The van der Waals surface area contributed by atoms with Crippen LogP contribution in [0.25, 0.3) is 0 Å². The molecular formula is C19H29NO2. The summed E-state index contributed by atoms with van der Waals surface area (Å²) in [6.45, 7) is 10.5. The highest BCUT2D eigenvalue weighted by molar-refractivity contribution is 5.47. The lowest BCUT2D eigenvalue weighted by Crippen LogP contribution is -2.58. The van der Waals surface area contributed by atoms with Crippen LogP contribution >= 0.6 is 0 Å². The fourth-order valence-electron chi connectivity index (χ4n) is 4.30. The Balaban J connectivity index is 2.00. The monoisotopic (exact) mass is 303 g/mol. The molecule has 2 heterocycles. The molecule has 3 rings (SSSR count). The van der Waals surface area contributed by atoms with E-state index in [1.165, 1.54) is 31.2 Å². The number of aliphatic hydroxyl groups excluding tert-OH is 1. The number of rotatable bonds is 1. The van der Waals surface area contributed by atoms with E-state index in [0.29, 0.717) is 0 Å². The van der Waals surface area contributed by atoms with Crippen molar-refractivity contribution >= 4 is 0 Å². The topological polar surface area (TPSA) is 32.7 Å². The predicted octanol–water partition coefficient (Wildman–Crippen LogP) is 3.75. The normalized spacial score (nSPS) is 28.6. The van der Waals surface area contributed by atoms with Crippen LogP contribution in [0.15, 0.2) is 12.1 Å². The van der Waals surface area contributed by atoms with Crippen LogP contribution in [0.3, 0.4) is 0 Å². The third kappa shape index (κ3) is 2.77. The zero-order valence-corrected chi connectivity index (χ0v) is 14.4. The lowest BCUT2D eigenvalue weighted by atomic mass is 9.82. The molecule has 122 valence electrons. The second-order valence-corrected chi connectivity index (χ2v) is 7.54. The van der Waals surface area contributed by atoms with Crippen molar-refractivity contribution in [1.82, 2.24) is 4.90 Å². The molecule has 1 aromatic rings. The molecule has 0 spiro atoms. The van der Waals surface area contributed by atoms with Crippen molar-refractivity contribution in [2.24, 2.45) is 0 Å². The number of hydrogen-bond donors (Lipinski definition) is 1. The van der Waals surface area contributed by atoms with Gasteiger partial charge in [-0.25, -0.2) is 0 Å². The average Bonchev–Trinajstić information content (AvgIpc) is 2.65. The summed E-state index contributed by atoms with van der Waals surface area (Å²) >= 11 is 0. The Morgan fingerprint density at radius 2 is 1.73 bits per heavy atom. The molecule has 1 N–H and O–H groups in total. The third-order valence-corrected chi connectivity index (χ3v) is 5.21. The smallest absolute Gasteiger partial charge is 0.126 e. The highest BCUT2D eigenvalue weighted by Crippen LogP contribution is 2.44. The molecule has 1 fully saturated rings. The molecule has 2 unspecified atom stereocenters. The first-order chi connectivity index (χ1) is 10.4. The second-order valence-electron chi connectivity index (χ2n) is 7.54. The van der Waals surface area contributed by atoms with Crippen molar-refractivity contribution < 1.29 is 9.84 Å². The maximum absolute atomic E-state index is 11.2. The summed E-state index contributed by atoms with van der Waals surface area (Å²) in [4.78, 5) is 2.46. The van der Waals surface area contributed by atoms with Gasteiger partial charge >= 0.3 is 0 Å². The van der Waals surface area contributed by atoms with Crippen molar-refractivity contribution in [1.29, 1.82) is 0 Å². The predicted molar refractivity (Wildman–Crippen MR) is 89.4 cm³/mol. The van der Waals surface area contributed by atoms with Crippen molar-refractivity contribution in [2.75, 3.05) is 13.1 Å². The number of benzene rings is 1. The summed E-state index contributed by atoms with van der Waals surface area (Å²) in [5.41, 5.74) is 2.93. The van der Waals surface area contributed by atoms with Crippen LogP contribution < -0.4 is 4.74 Å². The van der Waals surface area contributed by atoms with Gasteiger partial charge in [0.2, 0.25) is 0 Å². The van der Waals surface area contributed by atoms with Crippen LogP contribution in [0.5, 0.6) is 5.75 Å². The molecule has 3 heteroatoms. The molecule has 0 radical (unpaired) electrons. The lowest BCUT2D eigenvalue weighted by molar-refractivity contribution is -0.0821. The Labute approximate surface area is 134 Å². The lowest BCUT2D eigenvalue weighted by Gasteiger charge is -2.48. The quantitative estimate of drug-likeness (QED) is 0.857. The van der Waals surface area contributed by atoms with E-state index >= 15 is 0 Å². The minimum absolute atomic E-state index is 0.0273. The SMILES string of the molecule is Cc1cc(C)c2c(c1)OC(C)(C)C(N1CCCCCC1)C2O. The van der Waals surface area contributed by atoms with Gasteiger partial charge in [0.15, 0.2) is 0 Å². The number of ether oxygens (including phenoxy) is 1. The summed E-state index contributed by atoms with van der Waals surface area (Å²) in [5, 5.41) is 11.2. The molecule has 0 amide bonds. The van der Waals surface area contributed by atoms with Crippen LogP contribution in [0.2, 0.25) is 0 Å². The first kappa shape index (κ1) is 15.8. The number of fused-ring (bicyclic) bond motifs is 1. The Bertz CT molecular complexity index is 545. The fourth-order valence-corrected chi connectivity index (χ4v) is 4.30. The molecule has 2 atom stereocenters. The largest absolute Gasteiger partial charge is 0.486 e. The zero-order valence-electron chi connectivity index (χ0n) is 14.4. The van der Waals surface area contributed by atoms with E-state index in [1.54, 1.807) is 0 Å². The summed E-state index contributed by atoms with van der Waals surface area (Å²) in [5.74, 6) is 0.862. The van der Waals surface area contributed by atoms with E-state index in [1.807, 2.05) is 0 Å². The average molecular weight is 303 g/mol. The van der Waals surface area contributed by atoms with E-state index in [0.717, 1.165) is 30.0 Å². The van der Waals surface area contributed by atoms with E-state index in [4.69, 9.17) is 4.74 Å². The molecule has 3 nitrogen and oxygen atoms in total. The maximum Gasteiger partial charge on any atom is 0.126 e. The Kier molecular flexibility index (Phi) is 4.21. The van der Waals surface area contributed by atoms with Crippen LogP contribution in [-0.4, -0.2) is 34.7 Å². The standard InChI is InChI=1S/C19H29NO2/c1-13-11-14(2)16-15(12-13)22-19(3,4)18(17(16)21)20-9-7-5-6-8-10-20/h11-12,17-18,21H,5-10H2,1-4H3. The molecule has 2 aliphatic heterocycles. The molecule has 22 heavy (non-hydrogen) atoms. The van der Waals surface area contributed by atoms with Crippen LogP contribution in [-0.2, 0) is 0 Å². The van der Waals surface area contributed by atoms with Gasteiger partial charge in [0, 0.05) is 5.56 Å². The van der Waals surface area contributed by atoms with Crippen molar-refractivity contribution in [3.8, 4) is 5.75 Å².